The standard InChI is InChI=1S/C11H16FNO/c1-3-14-11-8(2)6-10(12)7-9(11)4-5-13/h6-7H,3-5,13H2,1-2H3. The molecule has 14 heavy (non-hydrogen) atoms. The van der Waals surface area contributed by atoms with Gasteiger partial charge in [-0.1, -0.05) is 0 Å². The maximum atomic E-state index is 13.1. The zero-order chi connectivity index (χ0) is 10.6. The van der Waals surface area contributed by atoms with Gasteiger partial charge in [0.05, 0.1) is 6.61 Å². The summed E-state index contributed by atoms with van der Waals surface area (Å²) in [6, 6.07) is 2.97. The van der Waals surface area contributed by atoms with E-state index in [2.05, 4.69) is 0 Å². The van der Waals surface area contributed by atoms with Crippen LogP contribution >= 0.6 is 0 Å². The second kappa shape index (κ2) is 4.96. The fourth-order valence-electron chi connectivity index (χ4n) is 1.49. The fourth-order valence-corrected chi connectivity index (χ4v) is 1.49. The van der Waals surface area contributed by atoms with Crippen LogP contribution in [0.3, 0.4) is 0 Å². The molecule has 2 N–H and O–H groups in total. The summed E-state index contributed by atoms with van der Waals surface area (Å²) >= 11 is 0. The quantitative estimate of drug-likeness (QED) is 0.801. The minimum absolute atomic E-state index is 0.227. The number of halogens is 1. The number of ether oxygens (including phenoxy) is 1. The van der Waals surface area contributed by atoms with E-state index in [9.17, 15) is 4.39 Å². The molecular weight excluding hydrogens is 181 g/mol. The average molecular weight is 197 g/mol. The summed E-state index contributed by atoms with van der Waals surface area (Å²) in [5, 5.41) is 0. The molecule has 3 heteroatoms. The minimum Gasteiger partial charge on any atom is -0.493 e. The Labute approximate surface area is 83.9 Å². The molecule has 0 unspecified atom stereocenters. The predicted octanol–water partition coefficient (Wildman–Crippen LogP) is 2.03. The highest BCUT2D eigenvalue weighted by Gasteiger charge is 2.08. The Morgan fingerprint density at radius 1 is 1.43 bits per heavy atom. The number of hydrogen-bond acceptors (Lipinski definition) is 2. The van der Waals surface area contributed by atoms with Crippen molar-refractivity contribution in [3.8, 4) is 5.75 Å². The lowest BCUT2D eigenvalue weighted by Crippen LogP contribution is -2.06. The van der Waals surface area contributed by atoms with Gasteiger partial charge in [-0.25, -0.2) is 4.39 Å². The van der Waals surface area contributed by atoms with Crippen LogP contribution in [0.1, 0.15) is 18.1 Å². The number of hydrogen-bond donors (Lipinski definition) is 1. The van der Waals surface area contributed by atoms with Crippen molar-refractivity contribution in [3.63, 3.8) is 0 Å². The third kappa shape index (κ3) is 2.45. The molecule has 78 valence electrons. The number of rotatable bonds is 4. The Balaban J connectivity index is 3.07. The van der Waals surface area contributed by atoms with Crippen molar-refractivity contribution in [2.75, 3.05) is 13.2 Å². The van der Waals surface area contributed by atoms with Crippen LogP contribution in [0.4, 0.5) is 4.39 Å². The van der Waals surface area contributed by atoms with Gasteiger partial charge < -0.3 is 10.5 Å². The molecule has 1 aromatic carbocycles. The Morgan fingerprint density at radius 2 is 2.14 bits per heavy atom. The van der Waals surface area contributed by atoms with E-state index in [0.29, 0.717) is 19.6 Å². The van der Waals surface area contributed by atoms with Crippen LogP contribution in [0.15, 0.2) is 12.1 Å². The highest BCUT2D eigenvalue weighted by molar-refractivity contribution is 5.41. The molecule has 1 aromatic rings. The lowest BCUT2D eigenvalue weighted by Gasteiger charge is -2.12. The smallest absolute Gasteiger partial charge is 0.125 e. The molecule has 0 aliphatic carbocycles. The summed E-state index contributed by atoms with van der Waals surface area (Å²) in [7, 11) is 0. The van der Waals surface area contributed by atoms with Crippen LogP contribution in [0.25, 0.3) is 0 Å². The Bertz CT molecular complexity index is 312. The third-order valence-electron chi connectivity index (χ3n) is 2.02. The van der Waals surface area contributed by atoms with Gasteiger partial charge in [-0.2, -0.15) is 0 Å². The monoisotopic (exact) mass is 197 g/mol. The number of nitrogens with two attached hydrogens (primary N) is 1. The van der Waals surface area contributed by atoms with Gasteiger partial charge in [0, 0.05) is 0 Å². The van der Waals surface area contributed by atoms with E-state index in [1.807, 2.05) is 13.8 Å². The van der Waals surface area contributed by atoms with Gasteiger partial charge in [0.2, 0.25) is 0 Å². The average Bonchev–Trinajstić information content (AvgIpc) is 2.11. The molecule has 0 aliphatic rings. The molecule has 0 aromatic heterocycles. The normalized spacial score (nSPS) is 10.3. The maximum Gasteiger partial charge on any atom is 0.125 e. The Hall–Kier alpha value is -1.09. The molecule has 0 atom stereocenters. The van der Waals surface area contributed by atoms with Gasteiger partial charge >= 0.3 is 0 Å². The predicted molar refractivity (Wildman–Crippen MR) is 55.1 cm³/mol. The first-order valence-corrected chi connectivity index (χ1v) is 4.81. The molecular formula is C11H16FNO. The molecule has 0 fully saturated rings. The maximum absolute atomic E-state index is 13.1. The van der Waals surface area contributed by atoms with Gasteiger partial charge in [-0.15, -0.1) is 0 Å². The first-order chi connectivity index (χ1) is 6.69. The summed E-state index contributed by atoms with van der Waals surface area (Å²) in [5.74, 6) is 0.550. The molecule has 0 saturated heterocycles. The molecule has 1 rings (SSSR count). The summed E-state index contributed by atoms with van der Waals surface area (Å²) in [6.07, 6.45) is 0.647. The van der Waals surface area contributed by atoms with Crippen molar-refractivity contribution in [1.29, 1.82) is 0 Å². The molecule has 0 saturated carbocycles. The van der Waals surface area contributed by atoms with Gasteiger partial charge in [-0.05, 0) is 50.1 Å². The largest absolute Gasteiger partial charge is 0.493 e. The minimum atomic E-state index is -0.227. The number of aryl methyl sites for hydroxylation is 1. The molecule has 0 heterocycles. The lowest BCUT2D eigenvalue weighted by molar-refractivity contribution is 0.333. The van der Waals surface area contributed by atoms with Crippen molar-refractivity contribution in [2.45, 2.75) is 20.3 Å². The van der Waals surface area contributed by atoms with Gasteiger partial charge in [0.1, 0.15) is 11.6 Å². The lowest BCUT2D eigenvalue weighted by atomic mass is 10.1. The SMILES string of the molecule is CCOc1c(C)cc(F)cc1CCN. The third-order valence-corrected chi connectivity index (χ3v) is 2.02. The molecule has 0 aliphatic heterocycles. The topological polar surface area (TPSA) is 35.2 Å². The van der Waals surface area contributed by atoms with E-state index >= 15 is 0 Å². The summed E-state index contributed by atoms with van der Waals surface area (Å²) < 4.78 is 18.5. The molecule has 0 amide bonds. The zero-order valence-electron chi connectivity index (χ0n) is 8.64. The van der Waals surface area contributed by atoms with Crippen molar-refractivity contribution >= 4 is 0 Å². The second-order valence-corrected chi connectivity index (χ2v) is 3.18. The van der Waals surface area contributed by atoms with E-state index in [1.54, 1.807) is 0 Å². The van der Waals surface area contributed by atoms with Crippen LogP contribution < -0.4 is 10.5 Å². The summed E-state index contributed by atoms with van der Waals surface area (Å²) in [5.41, 5.74) is 7.13. The highest BCUT2D eigenvalue weighted by Crippen LogP contribution is 2.25. The Morgan fingerprint density at radius 3 is 2.71 bits per heavy atom. The fraction of sp³-hybridized carbons (Fsp3) is 0.455. The zero-order valence-corrected chi connectivity index (χ0v) is 8.64. The van der Waals surface area contributed by atoms with Crippen molar-refractivity contribution in [1.82, 2.24) is 0 Å². The van der Waals surface area contributed by atoms with Crippen LogP contribution in [-0.4, -0.2) is 13.2 Å². The highest BCUT2D eigenvalue weighted by atomic mass is 19.1. The van der Waals surface area contributed by atoms with Gasteiger partial charge in [0.25, 0.3) is 0 Å². The second-order valence-electron chi connectivity index (χ2n) is 3.18. The van der Waals surface area contributed by atoms with E-state index < -0.39 is 0 Å². The first kappa shape index (κ1) is 11.0. The van der Waals surface area contributed by atoms with Crippen molar-refractivity contribution in [2.24, 2.45) is 5.73 Å². The Kier molecular flexibility index (Phi) is 3.89. The van der Waals surface area contributed by atoms with Crippen LogP contribution in [-0.2, 0) is 6.42 Å². The van der Waals surface area contributed by atoms with Gasteiger partial charge in [0.15, 0.2) is 0 Å². The summed E-state index contributed by atoms with van der Waals surface area (Å²) in [4.78, 5) is 0. The van der Waals surface area contributed by atoms with Crippen molar-refractivity contribution < 1.29 is 9.13 Å². The summed E-state index contributed by atoms with van der Waals surface area (Å²) in [6.45, 7) is 4.84. The van der Waals surface area contributed by atoms with E-state index in [0.717, 1.165) is 16.9 Å². The van der Waals surface area contributed by atoms with Crippen LogP contribution in [0, 0.1) is 12.7 Å². The van der Waals surface area contributed by atoms with Crippen molar-refractivity contribution in [3.05, 3.63) is 29.1 Å². The molecule has 0 spiro atoms. The molecule has 0 bridgehead atoms. The van der Waals surface area contributed by atoms with E-state index in [4.69, 9.17) is 10.5 Å². The van der Waals surface area contributed by atoms with Gasteiger partial charge in [-0.3, -0.25) is 0 Å². The van der Waals surface area contributed by atoms with Crippen LogP contribution in [0.2, 0.25) is 0 Å². The van der Waals surface area contributed by atoms with E-state index in [1.165, 1.54) is 12.1 Å². The molecule has 2 nitrogen and oxygen atoms in total. The molecule has 0 radical (unpaired) electrons. The van der Waals surface area contributed by atoms with E-state index in [-0.39, 0.29) is 5.82 Å². The first-order valence-electron chi connectivity index (χ1n) is 4.81. The van der Waals surface area contributed by atoms with Crippen LogP contribution in [0.5, 0.6) is 5.75 Å². The number of benzene rings is 1.